The molecule has 6 heteroatoms. The van der Waals surface area contributed by atoms with Crippen LogP contribution in [-0.2, 0) is 13.6 Å². The molecule has 0 unspecified atom stereocenters. The van der Waals surface area contributed by atoms with Gasteiger partial charge in [0.1, 0.15) is 0 Å². The highest BCUT2D eigenvalue weighted by atomic mass is 32.1. The van der Waals surface area contributed by atoms with E-state index < -0.39 is 0 Å². The van der Waals surface area contributed by atoms with Crippen LogP contribution in [0, 0.1) is 20.8 Å². The van der Waals surface area contributed by atoms with Crippen LogP contribution in [0.4, 0.5) is 0 Å². The van der Waals surface area contributed by atoms with E-state index >= 15 is 0 Å². The van der Waals surface area contributed by atoms with Crippen molar-refractivity contribution < 1.29 is 4.79 Å². The van der Waals surface area contributed by atoms with Gasteiger partial charge in [-0.15, -0.1) is 11.3 Å². The average molecular weight is 314 g/mol. The lowest BCUT2D eigenvalue weighted by molar-refractivity contribution is 0.0952. The molecule has 0 aromatic carbocycles. The van der Waals surface area contributed by atoms with E-state index in [0.717, 1.165) is 22.4 Å². The minimum atomic E-state index is -0.0839. The Bertz CT molecular complexity index is 863. The molecule has 0 atom stereocenters. The zero-order valence-electron chi connectivity index (χ0n) is 13.1. The third-order valence-corrected chi connectivity index (χ3v) is 4.74. The number of nitrogens with one attached hydrogen (secondary N) is 1. The number of rotatable bonds is 3. The number of hydrogen-bond donors (Lipinski definition) is 1. The van der Waals surface area contributed by atoms with Crippen LogP contribution in [0.2, 0.25) is 0 Å². The van der Waals surface area contributed by atoms with E-state index in [0.29, 0.717) is 12.1 Å². The maximum absolute atomic E-state index is 12.6. The molecular weight excluding hydrogens is 296 g/mol. The first-order valence-corrected chi connectivity index (χ1v) is 7.97. The molecule has 0 saturated carbocycles. The average Bonchev–Trinajstić information content (AvgIpc) is 3.00. The summed E-state index contributed by atoms with van der Waals surface area (Å²) < 4.78 is 1.72. The molecule has 22 heavy (non-hydrogen) atoms. The van der Waals surface area contributed by atoms with E-state index in [1.54, 1.807) is 16.0 Å². The maximum Gasteiger partial charge on any atom is 0.252 e. The van der Waals surface area contributed by atoms with E-state index in [2.05, 4.69) is 28.4 Å². The Morgan fingerprint density at radius 1 is 1.36 bits per heavy atom. The van der Waals surface area contributed by atoms with Gasteiger partial charge in [-0.25, -0.2) is 4.98 Å². The van der Waals surface area contributed by atoms with Crippen LogP contribution in [0.25, 0.3) is 11.0 Å². The van der Waals surface area contributed by atoms with Crippen LogP contribution in [0.3, 0.4) is 0 Å². The van der Waals surface area contributed by atoms with Crippen molar-refractivity contribution in [2.24, 2.45) is 7.05 Å². The summed E-state index contributed by atoms with van der Waals surface area (Å²) in [6.07, 6.45) is 0. The van der Waals surface area contributed by atoms with Crippen LogP contribution in [0.15, 0.2) is 17.5 Å². The lowest BCUT2D eigenvalue weighted by atomic mass is 10.1. The lowest BCUT2D eigenvalue weighted by Crippen LogP contribution is -2.23. The number of pyridine rings is 1. The summed E-state index contributed by atoms with van der Waals surface area (Å²) >= 11 is 1.66. The summed E-state index contributed by atoms with van der Waals surface area (Å²) in [6, 6.07) is 3.89. The fraction of sp³-hybridized carbons (Fsp3) is 0.312. The molecule has 0 saturated heterocycles. The molecule has 0 aliphatic heterocycles. The van der Waals surface area contributed by atoms with Crippen molar-refractivity contribution in [3.63, 3.8) is 0 Å². The molecular formula is C16H18N4OS. The number of hydrogen-bond acceptors (Lipinski definition) is 4. The molecule has 0 aliphatic rings. The second-order valence-corrected chi connectivity index (χ2v) is 6.43. The molecule has 0 radical (unpaired) electrons. The van der Waals surface area contributed by atoms with Gasteiger partial charge in [0.25, 0.3) is 5.91 Å². The SMILES string of the molecule is Cc1cc(C(=O)NCc2sccc2C)c2c(C)nn(C)c2n1. The molecule has 3 rings (SSSR count). The number of amides is 1. The van der Waals surface area contributed by atoms with Gasteiger partial charge in [0, 0.05) is 17.6 Å². The van der Waals surface area contributed by atoms with Gasteiger partial charge in [0.15, 0.2) is 5.65 Å². The number of fused-ring (bicyclic) bond motifs is 1. The van der Waals surface area contributed by atoms with Gasteiger partial charge in [-0.2, -0.15) is 5.10 Å². The molecule has 1 N–H and O–H groups in total. The number of thiophene rings is 1. The normalized spacial score (nSPS) is 11.1. The highest BCUT2D eigenvalue weighted by Gasteiger charge is 2.17. The Morgan fingerprint density at radius 2 is 2.14 bits per heavy atom. The highest BCUT2D eigenvalue weighted by molar-refractivity contribution is 7.10. The number of nitrogens with zero attached hydrogens (tertiary/aromatic N) is 3. The van der Waals surface area contributed by atoms with E-state index in [9.17, 15) is 4.79 Å². The minimum Gasteiger partial charge on any atom is -0.347 e. The molecule has 0 bridgehead atoms. The number of carbonyl (C=O) groups excluding carboxylic acids is 1. The molecule has 0 aliphatic carbocycles. The van der Waals surface area contributed by atoms with E-state index in [4.69, 9.17) is 0 Å². The maximum atomic E-state index is 12.6. The van der Waals surface area contributed by atoms with Crippen LogP contribution in [0.1, 0.15) is 32.2 Å². The fourth-order valence-electron chi connectivity index (χ4n) is 2.59. The van der Waals surface area contributed by atoms with Crippen LogP contribution < -0.4 is 5.32 Å². The first kappa shape index (κ1) is 14.7. The van der Waals surface area contributed by atoms with Crippen LogP contribution >= 0.6 is 11.3 Å². The van der Waals surface area contributed by atoms with Crippen molar-refractivity contribution in [1.29, 1.82) is 0 Å². The Kier molecular flexibility index (Phi) is 3.70. The van der Waals surface area contributed by atoms with E-state index in [-0.39, 0.29) is 5.91 Å². The van der Waals surface area contributed by atoms with Gasteiger partial charge in [0.05, 0.1) is 23.2 Å². The first-order chi connectivity index (χ1) is 10.5. The van der Waals surface area contributed by atoms with Gasteiger partial charge in [-0.3, -0.25) is 9.48 Å². The zero-order chi connectivity index (χ0) is 15.9. The summed E-state index contributed by atoms with van der Waals surface area (Å²) in [4.78, 5) is 18.3. The third-order valence-electron chi connectivity index (χ3n) is 3.72. The first-order valence-electron chi connectivity index (χ1n) is 7.09. The summed E-state index contributed by atoms with van der Waals surface area (Å²) in [7, 11) is 1.85. The second-order valence-electron chi connectivity index (χ2n) is 5.43. The highest BCUT2D eigenvalue weighted by Crippen LogP contribution is 2.22. The Balaban J connectivity index is 1.95. The van der Waals surface area contributed by atoms with Gasteiger partial charge < -0.3 is 5.32 Å². The predicted molar refractivity (Wildman–Crippen MR) is 88.2 cm³/mol. The van der Waals surface area contributed by atoms with Gasteiger partial charge in [-0.05, 0) is 43.8 Å². The van der Waals surface area contributed by atoms with Crippen LogP contribution in [0.5, 0.6) is 0 Å². The largest absolute Gasteiger partial charge is 0.347 e. The quantitative estimate of drug-likeness (QED) is 0.808. The molecule has 3 aromatic heterocycles. The second kappa shape index (κ2) is 5.53. The predicted octanol–water partition coefficient (Wildman–Crippen LogP) is 2.89. The van der Waals surface area contributed by atoms with E-state index in [1.165, 1.54) is 10.4 Å². The van der Waals surface area contributed by atoms with Gasteiger partial charge >= 0.3 is 0 Å². The number of aryl methyl sites for hydroxylation is 4. The number of carbonyl (C=O) groups is 1. The summed E-state index contributed by atoms with van der Waals surface area (Å²) in [5.74, 6) is -0.0839. The number of aromatic nitrogens is 3. The van der Waals surface area contributed by atoms with Gasteiger partial charge in [-0.1, -0.05) is 0 Å². The van der Waals surface area contributed by atoms with Crippen LogP contribution in [-0.4, -0.2) is 20.7 Å². The van der Waals surface area contributed by atoms with Crippen molar-refractivity contribution in [2.75, 3.05) is 0 Å². The molecule has 0 fully saturated rings. The van der Waals surface area contributed by atoms with Crippen molar-refractivity contribution in [2.45, 2.75) is 27.3 Å². The topological polar surface area (TPSA) is 59.8 Å². The Morgan fingerprint density at radius 3 is 2.82 bits per heavy atom. The van der Waals surface area contributed by atoms with Crippen molar-refractivity contribution >= 4 is 28.3 Å². The molecule has 5 nitrogen and oxygen atoms in total. The molecule has 3 heterocycles. The Hall–Kier alpha value is -2.21. The van der Waals surface area contributed by atoms with E-state index in [1.807, 2.05) is 32.3 Å². The molecule has 1 amide bonds. The third kappa shape index (κ3) is 2.50. The molecule has 114 valence electrons. The monoisotopic (exact) mass is 314 g/mol. The Labute approximate surface area is 133 Å². The summed E-state index contributed by atoms with van der Waals surface area (Å²) in [5.41, 5.74) is 4.23. The fourth-order valence-corrected chi connectivity index (χ4v) is 3.44. The summed E-state index contributed by atoms with van der Waals surface area (Å²) in [5, 5.41) is 10.2. The zero-order valence-corrected chi connectivity index (χ0v) is 13.9. The standard InChI is InChI=1S/C16H18N4OS/c1-9-5-6-22-13(9)8-17-16(21)12-7-10(2)18-15-14(12)11(3)19-20(15)4/h5-7H,8H2,1-4H3,(H,17,21). The minimum absolute atomic E-state index is 0.0839. The van der Waals surface area contributed by atoms with Crippen molar-refractivity contribution in [3.8, 4) is 0 Å². The summed E-state index contributed by atoms with van der Waals surface area (Å²) in [6.45, 7) is 6.39. The van der Waals surface area contributed by atoms with Crippen molar-refractivity contribution in [1.82, 2.24) is 20.1 Å². The lowest BCUT2D eigenvalue weighted by Gasteiger charge is -2.07. The smallest absolute Gasteiger partial charge is 0.252 e. The molecule has 3 aromatic rings. The molecule has 0 spiro atoms. The van der Waals surface area contributed by atoms with Gasteiger partial charge in [0.2, 0.25) is 0 Å². The van der Waals surface area contributed by atoms with Crippen molar-refractivity contribution in [3.05, 3.63) is 44.9 Å².